The van der Waals surface area contributed by atoms with Crippen molar-refractivity contribution in [3.05, 3.63) is 0 Å². The molecule has 0 aromatic rings. The molecule has 6 nitrogen and oxygen atoms in total. The van der Waals surface area contributed by atoms with Gasteiger partial charge in [0.25, 0.3) is 0 Å². The van der Waals surface area contributed by atoms with E-state index in [1.54, 1.807) is 0 Å². The van der Waals surface area contributed by atoms with Crippen molar-refractivity contribution in [2.75, 3.05) is 6.61 Å². The highest BCUT2D eigenvalue weighted by molar-refractivity contribution is 5.67. The molecule has 0 aliphatic carbocycles. The molecule has 102 valence electrons. The van der Waals surface area contributed by atoms with Gasteiger partial charge in [0, 0.05) is 19.4 Å². The maximum Gasteiger partial charge on any atom is 0.303 e. The molecule has 17 heavy (non-hydrogen) atoms. The van der Waals surface area contributed by atoms with E-state index in [1.165, 1.54) is 0 Å². The Bertz CT molecular complexity index is 188. The predicted octanol–water partition coefficient (Wildman–Crippen LogP) is 0.856. The fourth-order valence-corrected chi connectivity index (χ4v) is 0.906. The zero-order valence-electron chi connectivity index (χ0n) is 10.1. The van der Waals surface area contributed by atoms with Crippen molar-refractivity contribution in [3.8, 4) is 0 Å². The van der Waals surface area contributed by atoms with Gasteiger partial charge in [-0.1, -0.05) is 6.92 Å². The number of carboxylic acids is 2. The molecule has 0 aliphatic rings. The first kappa shape index (κ1) is 18.2. The summed E-state index contributed by atoms with van der Waals surface area (Å²) in [4.78, 5) is 19.8. The van der Waals surface area contributed by atoms with E-state index in [0.29, 0.717) is 19.3 Å². The molecule has 0 radical (unpaired) electrons. The molecule has 0 rings (SSSR count). The van der Waals surface area contributed by atoms with Crippen LogP contribution in [0.25, 0.3) is 0 Å². The zero-order chi connectivity index (χ0) is 13.7. The average molecular weight is 250 g/mol. The quantitative estimate of drug-likeness (QED) is 0.475. The summed E-state index contributed by atoms with van der Waals surface area (Å²) in [6.07, 6.45) is 1.96. The van der Waals surface area contributed by atoms with Crippen LogP contribution in [-0.4, -0.2) is 45.1 Å². The number of aliphatic carboxylic acids is 2. The lowest BCUT2D eigenvalue weighted by Crippen LogP contribution is -2.05. The maximum atomic E-state index is 9.90. The first-order valence-corrected chi connectivity index (χ1v) is 5.66. The smallest absolute Gasteiger partial charge is 0.303 e. The van der Waals surface area contributed by atoms with Gasteiger partial charge in [-0.3, -0.25) is 9.59 Å². The normalized spacial score (nSPS) is 11.2. The molecular formula is C11H22O6. The molecule has 1 atom stereocenters. The van der Waals surface area contributed by atoms with E-state index >= 15 is 0 Å². The number of aliphatic hydroxyl groups is 2. The largest absolute Gasteiger partial charge is 0.481 e. The van der Waals surface area contributed by atoms with E-state index in [2.05, 4.69) is 0 Å². The van der Waals surface area contributed by atoms with Crippen LogP contribution >= 0.6 is 0 Å². The number of aliphatic hydroxyl groups excluding tert-OH is 2. The molecule has 1 unspecified atom stereocenters. The summed E-state index contributed by atoms with van der Waals surface area (Å²) < 4.78 is 0. The summed E-state index contributed by atoms with van der Waals surface area (Å²) in [5.74, 6) is -1.74. The van der Waals surface area contributed by atoms with Crippen LogP contribution < -0.4 is 0 Å². The molecule has 0 fully saturated rings. The average Bonchev–Trinajstić information content (AvgIpc) is 2.25. The van der Waals surface area contributed by atoms with Gasteiger partial charge in [-0.05, 0) is 25.7 Å². The van der Waals surface area contributed by atoms with E-state index in [1.807, 2.05) is 6.92 Å². The van der Waals surface area contributed by atoms with Crippen LogP contribution in [0.3, 0.4) is 0 Å². The van der Waals surface area contributed by atoms with E-state index < -0.39 is 11.9 Å². The van der Waals surface area contributed by atoms with Gasteiger partial charge < -0.3 is 20.4 Å². The number of unbranched alkanes of at least 4 members (excludes halogenated alkanes) is 1. The number of carboxylic acid groups (broad SMARTS) is 2. The minimum absolute atomic E-state index is 0.0628. The summed E-state index contributed by atoms with van der Waals surface area (Å²) in [6.45, 7) is 1.98. The summed E-state index contributed by atoms with van der Waals surface area (Å²) >= 11 is 0. The lowest BCUT2D eigenvalue weighted by molar-refractivity contribution is -0.139. The van der Waals surface area contributed by atoms with Gasteiger partial charge in [-0.25, -0.2) is 0 Å². The van der Waals surface area contributed by atoms with Gasteiger partial charge in [-0.2, -0.15) is 0 Å². The fraction of sp³-hybridized carbons (Fsp3) is 0.818. The third-order valence-corrected chi connectivity index (χ3v) is 1.96. The first-order valence-electron chi connectivity index (χ1n) is 5.66. The second kappa shape index (κ2) is 12.9. The molecule has 0 saturated carbocycles. The van der Waals surface area contributed by atoms with E-state index in [9.17, 15) is 9.59 Å². The van der Waals surface area contributed by atoms with Gasteiger partial charge in [0.15, 0.2) is 0 Å². The Labute approximate surface area is 101 Å². The van der Waals surface area contributed by atoms with Crippen LogP contribution in [0.2, 0.25) is 0 Å². The lowest BCUT2D eigenvalue weighted by atomic mass is 10.2. The molecule has 0 bridgehead atoms. The van der Waals surface area contributed by atoms with Crippen LogP contribution in [0.4, 0.5) is 0 Å². The second-order valence-electron chi connectivity index (χ2n) is 3.57. The highest BCUT2D eigenvalue weighted by atomic mass is 16.4. The molecule has 0 aromatic carbocycles. The minimum Gasteiger partial charge on any atom is -0.481 e. The van der Waals surface area contributed by atoms with Crippen LogP contribution in [0.15, 0.2) is 0 Å². The third kappa shape index (κ3) is 20.8. The van der Waals surface area contributed by atoms with Gasteiger partial charge in [0.2, 0.25) is 0 Å². The van der Waals surface area contributed by atoms with Crippen molar-refractivity contribution in [1.82, 2.24) is 0 Å². The highest BCUT2D eigenvalue weighted by Gasteiger charge is 1.99. The van der Waals surface area contributed by atoms with Crippen molar-refractivity contribution in [1.29, 1.82) is 0 Å². The number of hydrogen-bond acceptors (Lipinski definition) is 4. The number of hydrogen-bond donors (Lipinski definition) is 4. The van der Waals surface area contributed by atoms with Crippen molar-refractivity contribution in [3.63, 3.8) is 0 Å². The zero-order valence-corrected chi connectivity index (χ0v) is 10.1. The van der Waals surface area contributed by atoms with Gasteiger partial charge in [0.05, 0.1) is 6.10 Å². The van der Waals surface area contributed by atoms with Gasteiger partial charge >= 0.3 is 11.9 Å². The first-order chi connectivity index (χ1) is 7.93. The Hall–Kier alpha value is -1.14. The predicted molar refractivity (Wildman–Crippen MR) is 61.7 cm³/mol. The Morgan fingerprint density at radius 1 is 1.06 bits per heavy atom. The van der Waals surface area contributed by atoms with E-state index in [4.69, 9.17) is 20.4 Å². The summed E-state index contributed by atoms with van der Waals surface area (Å²) in [7, 11) is 0. The fourth-order valence-electron chi connectivity index (χ4n) is 0.906. The molecular weight excluding hydrogens is 228 g/mol. The second-order valence-corrected chi connectivity index (χ2v) is 3.57. The van der Waals surface area contributed by atoms with Crippen molar-refractivity contribution in [2.45, 2.75) is 51.6 Å². The van der Waals surface area contributed by atoms with E-state index in [-0.39, 0.29) is 25.6 Å². The number of carbonyl (C=O) groups is 2. The molecule has 0 amide bonds. The van der Waals surface area contributed by atoms with Crippen molar-refractivity contribution in [2.24, 2.45) is 0 Å². The number of rotatable bonds is 8. The standard InChI is InChI=1S/C6H10O4.C5H12O2/c7-5(8)3-1-2-4-6(9)10;1-2-5(7)3-4-6/h1-4H2,(H,7,8)(H,9,10);5-7H,2-4H2,1H3. The molecule has 6 heteroatoms. The van der Waals surface area contributed by atoms with Gasteiger partial charge in [-0.15, -0.1) is 0 Å². The van der Waals surface area contributed by atoms with Crippen molar-refractivity contribution < 1.29 is 30.0 Å². The Balaban J connectivity index is 0. The molecule has 0 spiro atoms. The van der Waals surface area contributed by atoms with Gasteiger partial charge in [0.1, 0.15) is 0 Å². The summed E-state index contributed by atoms with van der Waals surface area (Å²) in [5, 5.41) is 33.2. The van der Waals surface area contributed by atoms with Crippen LogP contribution in [-0.2, 0) is 9.59 Å². The Morgan fingerprint density at radius 2 is 1.47 bits per heavy atom. The van der Waals surface area contributed by atoms with Crippen molar-refractivity contribution >= 4 is 11.9 Å². The molecule has 0 saturated heterocycles. The SMILES string of the molecule is CCC(O)CCO.O=C(O)CCCCC(=O)O. The summed E-state index contributed by atoms with van der Waals surface area (Å²) in [6, 6.07) is 0. The van der Waals surface area contributed by atoms with Crippen LogP contribution in [0.5, 0.6) is 0 Å². The molecule has 4 N–H and O–H groups in total. The highest BCUT2D eigenvalue weighted by Crippen LogP contribution is 1.98. The monoisotopic (exact) mass is 250 g/mol. The minimum atomic E-state index is -0.870. The summed E-state index contributed by atoms with van der Waals surface area (Å²) in [5.41, 5.74) is 0. The van der Waals surface area contributed by atoms with E-state index in [0.717, 1.165) is 6.42 Å². The lowest BCUT2D eigenvalue weighted by Gasteiger charge is -2.01. The molecule has 0 heterocycles. The van der Waals surface area contributed by atoms with Crippen LogP contribution in [0.1, 0.15) is 45.4 Å². The van der Waals surface area contributed by atoms with Crippen LogP contribution in [0, 0.1) is 0 Å². The maximum absolute atomic E-state index is 9.90. The third-order valence-electron chi connectivity index (χ3n) is 1.96. The molecule has 0 aromatic heterocycles. The Kier molecular flexibility index (Phi) is 13.9. The Morgan fingerprint density at radius 3 is 1.65 bits per heavy atom. The molecule has 0 aliphatic heterocycles. The topological polar surface area (TPSA) is 115 Å².